The molecule has 2 aromatic rings. The van der Waals surface area contributed by atoms with Gasteiger partial charge in [0.2, 0.25) is 0 Å². The summed E-state index contributed by atoms with van der Waals surface area (Å²) >= 11 is 9.48. The Hall–Kier alpha value is -3.32. The molecule has 18 heteroatoms. The van der Waals surface area contributed by atoms with Gasteiger partial charge in [0.25, 0.3) is 0 Å². The van der Waals surface area contributed by atoms with E-state index in [9.17, 15) is 26.8 Å². The second-order valence-corrected chi connectivity index (χ2v) is 17.1. The van der Waals surface area contributed by atoms with Gasteiger partial charge in [-0.1, -0.05) is 24.4 Å². The smallest absolute Gasteiger partial charge is 0.414 e. The van der Waals surface area contributed by atoms with Crippen LogP contribution in [0.4, 0.5) is 41.1 Å². The van der Waals surface area contributed by atoms with E-state index in [1.54, 1.807) is 31.2 Å². The van der Waals surface area contributed by atoms with Crippen LogP contribution in [0.25, 0.3) is 0 Å². The van der Waals surface area contributed by atoms with Crippen molar-refractivity contribution in [2.24, 2.45) is 5.73 Å². The van der Waals surface area contributed by atoms with Crippen LogP contribution in [0.3, 0.4) is 0 Å². The lowest BCUT2D eigenvalue weighted by molar-refractivity contribution is 0.142. The van der Waals surface area contributed by atoms with Gasteiger partial charge in [-0.3, -0.25) is 18.2 Å². The van der Waals surface area contributed by atoms with E-state index in [0.29, 0.717) is 96.6 Å². The van der Waals surface area contributed by atoms with Crippen LogP contribution in [0.5, 0.6) is 0 Å². The first kappa shape index (κ1) is 40.5. The van der Waals surface area contributed by atoms with Crippen LogP contribution in [-0.4, -0.2) is 118 Å². The van der Waals surface area contributed by atoms with Gasteiger partial charge in [-0.05, 0) is 62.0 Å². The van der Waals surface area contributed by atoms with Crippen molar-refractivity contribution in [3.63, 3.8) is 0 Å². The Labute approximate surface area is 312 Å². The molecule has 4 fully saturated rings. The molecule has 280 valence electrons. The summed E-state index contributed by atoms with van der Waals surface area (Å²) < 4.78 is 62.1. The van der Waals surface area contributed by atoms with Crippen molar-refractivity contribution in [1.29, 1.82) is 0 Å². The van der Waals surface area contributed by atoms with E-state index < -0.39 is 45.4 Å². The quantitative estimate of drug-likeness (QED) is 0.396. The summed E-state index contributed by atoms with van der Waals surface area (Å²) in [6.45, 7) is 9.19. The van der Waals surface area contributed by atoms with Crippen LogP contribution < -0.4 is 30.7 Å². The van der Waals surface area contributed by atoms with Crippen molar-refractivity contribution in [3.8, 4) is 0 Å². The number of nitrogens with two attached hydrogens (primary N) is 1. The number of carbonyl (C=O) groups is 2. The van der Waals surface area contributed by atoms with Crippen LogP contribution in [0, 0.1) is 11.6 Å². The lowest BCUT2D eigenvalue weighted by Gasteiger charge is -2.29. The molecule has 0 bridgehead atoms. The van der Waals surface area contributed by atoms with Crippen LogP contribution in [-0.2, 0) is 31.1 Å². The van der Waals surface area contributed by atoms with Crippen molar-refractivity contribution in [3.05, 3.63) is 48.0 Å². The lowest BCUT2D eigenvalue weighted by Crippen LogP contribution is -2.38. The van der Waals surface area contributed by atoms with Crippen LogP contribution >= 0.6 is 24.4 Å². The summed E-state index contributed by atoms with van der Waals surface area (Å²) in [5, 5.41) is 2.97. The molecule has 0 saturated carbocycles. The molecule has 4 aliphatic heterocycles. The Morgan fingerprint density at radius 1 is 0.784 bits per heavy atom. The number of halogens is 2. The highest BCUT2D eigenvalue weighted by Crippen LogP contribution is 2.30. The zero-order valence-corrected chi connectivity index (χ0v) is 32.1. The molecule has 0 radical (unpaired) electrons. The maximum atomic E-state index is 14.5. The number of amides is 2. The van der Waals surface area contributed by atoms with Crippen molar-refractivity contribution in [2.45, 2.75) is 33.0 Å². The van der Waals surface area contributed by atoms with Crippen molar-refractivity contribution in [2.75, 3.05) is 95.0 Å². The van der Waals surface area contributed by atoms with Gasteiger partial charge < -0.3 is 30.3 Å². The summed E-state index contributed by atoms with van der Waals surface area (Å²) in [6, 6.07) is 9.42. The lowest BCUT2D eigenvalue weighted by atomic mass is 10.2. The van der Waals surface area contributed by atoms with Gasteiger partial charge in [0.05, 0.1) is 47.4 Å². The molecule has 12 nitrogen and oxygen atoms in total. The fourth-order valence-electron chi connectivity index (χ4n) is 5.55. The number of hydrogen-bond acceptors (Lipinski definition) is 11. The minimum Gasteiger partial charge on any atom is -0.443 e. The molecule has 0 aromatic heterocycles. The third-order valence-corrected chi connectivity index (χ3v) is 10.8. The largest absolute Gasteiger partial charge is 0.443 e. The van der Waals surface area contributed by atoms with Gasteiger partial charge in [0, 0.05) is 77.3 Å². The molecule has 51 heavy (non-hydrogen) atoms. The fourth-order valence-corrected chi connectivity index (χ4v) is 7.74. The Bertz CT molecular complexity index is 1630. The highest BCUT2D eigenvalue weighted by Gasteiger charge is 2.34. The number of cyclic esters (lactones) is 2. The highest BCUT2D eigenvalue weighted by molar-refractivity contribution is 7.85. The first-order chi connectivity index (χ1) is 24.2. The minimum absolute atomic E-state index is 0.244. The number of thiocarbonyl (C=S) groups is 2. The normalized spacial score (nSPS) is 20.9. The molecule has 2 amide bonds. The van der Waals surface area contributed by atoms with Gasteiger partial charge in [-0.2, -0.15) is 0 Å². The third-order valence-electron chi connectivity index (χ3n) is 8.11. The second kappa shape index (κ2) is 19.0. The van der Waals surface area contributed by atoms with Gasteiger partial charge >= 0.3 is 12.2 Å². The zero-order chi connectivity index (χ0) is 37.2. The van der Waals surface area contributed by atoms with Crippen LogP contribution in [0.2, 0.25) is 0 Å². The van der Waals surface area contributed by atoms with E-state index >= 15 is 0 Å². The fraction of sp³-hybridized carbons (Fsp3) is 0.515. The Balaban J connectivity index is 0.000000208. The number of benzene rings is 2. The van der Waals surface area contributed by atoms with Crippen LogP contribution in [0.1, 0.15) is 20.8 Å². The second-order valence-electron chi connectivity index (χ2n) is 12.3. The average molecular weight is 787 g/mol. The van der Waals surface area contributed by atoms with E-state index in [0.717, 1.165) is 4.86 Å². The Morgan fingerprint density at radius 2 is 1.18 bits per heavy atom. The summed E-state index contributed by atoms with van der Waals surface area (Å²) in [7, 11) is -1.61. The monoisotopic (exact) mass is 786 g/mol. The van der Waals surface area contributed by atoms with Gasteiger partial charge in [-0.15, -0.1) is 0 Å². The van der Waals surface area contributed by atoms with E-state index in [2.05, 4.69) is 17.5 Å². The molecular weight excluding hydrogens is 743 g/mol. The standard InChI is InChI=1S/C16H20FN3O3S2.C14H18FN3O3S.C3H6S/c1-11(24)18-9-13-10-20(16(21)23-13)12-2-3-15(14(17)8-12)19-4-6-25(22)7-5-19;15-12-7-10(18-9-11(8-16)21-14(18)19)1-2-13(12)17-3-5-22(20)6-4-17;1-3(2)4/h2-3,8,13H,4-7,9-10H2,1H3,(H,18,24);1-2,7,11H,3-6,8-9,16H2;1-2H3/t13-;11-;/m00./s1. The number of anilines is 4. The van der Waals surface area contributed by atoms with Crippen molar-refractivity contribution >= 4 is 90.8 Å². The van der Waals surface area contributed by atoms with Gasteiger partial charge in [-0.25, -0.2) is 18.4 Å². The zero-order valence-electron chi connectivity index (χ0n) is 28.8. The van der Waals surface area contributed by atoms with Crippen molar-refractivity contribution < 1.29 is 36.3 Å². The Morgan fingerprint density at radius 3 is 1.53 bits per heavy atom. The number of nitrogens with zero attached hydrogens (tertiary/aromatic N) is 4. The summed E-state index contributed by atoms with van der Waals surface area (Å²) in [6.07, 6.45) is -1.68. The predicted molar refractivity (Wildman–Crippen MR) is 207 cm³/mol. The summed E-state index contributed by atoms with van der Waals surface area (Å²) in [5.74, 6) is 1.42. The molecule has 4 aliphatic rings. The number of ether oxygens (including phenoxy) is 2. The topological polar surface area (TPSA) is 138 Å². The summed E-state index contributed by atoms with van der Waals surface area (Å²) in [5.41, 5.74) is 7.37. The average Bonchev–Trinajstić information content (AvgIpc) is 3.66. The SMILES string of the molecule is CC(=S)NC[C@H]1CN(c2ccc(N3CCS(=O)CC3)c(F)c2)C(=O)O1.CC(C)=S.NC[C@H]1CN(c2ccc(N3CCS(=O)CC3)c(F)c2)C(=O)O1. The molecule has 2 atom stereocenters. The molecule has 0 aliphatic carbocycles. The number of rotatable bonds is 7. The molecule has 4 heterocycles. The first-order valence-electron chi connectivity index (χ1n) is 16.4. The maximum Gasteiger partial charge on any atom is 0.414 e. The molecule has 6 rings (SSSR count). The maximum absolute atomic E-state index is 14.5. The molecule has 0 unspecified atom stereocenters. The first-order valence-corrected chi connectivity index (χ1v) is 20.2. The number of hydrogen-bond donors (Lipinski definition) is 2. The molecule has 3 N–H and O–H groups in total. The van der Waals surface area contributed by atoms with Crippen molar-refractivity contribution in [1.82, 2.24) is 5.32 Å². The van der Waals surface area contributed by atoms with E-state index in [4.69, 9.17) is 27.4 Å². The van der Waals surface area contributed by atoms with Crippen LogP contribution in [0.15, 0.2) is 36.4 Å². The molecule has 4 saturated heterocycles. The van der Waals surface area contributed by atoms with Gasteiger partial charge in [0.1, 0.15) is 23.8 Å². The molecule has 2 aromatic carbocycles. The minimum atomic E-state index is -0.811. The van der Waals surface area contributed by atoms with Gasteiger partial charge in [0.15, 0.2) is 0 Å². The summed E-state index contributed by atoms with van der Waals surface area (Å²) in [4.78, 5) is 32.0. The third kappa shape index (κ3) is 11.6. The number of nitrogens with one attached hydrogen (secondary N) is 1. The predicted octanol–water partition coefficient (Wildman–Crippen LogP) is 3.73. The number of carbonyl (C=O) groups excluding carboxylic acids is 2. The van der Waals surface area contributed by atoms with E-state index in [1.165, 1.54) is 21.9 Å². The molecular formula is C33H44F2N6O6S4. The Kier molecular flexibility index (Phi) is 15.0. The van der Waals surface area contributed by atoms with E-state index in [1.807, 2.05) is 23.6 Å². The highest BCUT2D eigenvalue weighted by atomic mass is 32.2. The molecule has 0 spiro atoms. The van der Waals surface area contributed by atoms with E-state index in [-0.39, 0.29) is 18.8 Å².